The van der Waals surface area contributed by atoms with Crippen molar-refractivity contribution in [2.24, 2.45) is 0 Å². The Bertz CT molecular complexity index is 887. The van der Waals surface area contributed by atoms with Crippen LogP contribution in [0.25, 0.3) is 11.1 Å². The van der Waals surface area contributed by atoms with Gasteiger partial charge in [0.15, 0.2) is 5.82 Å². The predicted octanol–water partition coefficient (Wildman–Crippen LogP) is 3.36. The second kappa shape index (κ2) is 7.11. The lowest BCUT2D eigenvalue weighted by molar-refractivity contribution is 0.0937. The van der Waals surface area contributed by atoms with Crippen molar-refractivity contribution in [1.82, 2.24) is 30.3 Å². The van der Waals surface area contributed by atoms with Crippen molar-refractivity contribution in [3.05, 3.63) is 53.4 Å². The van der Waals surface area contributed by atoms with Gasteiger partial charge >= 0.3 is 0 Å². The van der Waals surface area contributed by atoms with Crippen molar-refractivity contribution in [1.29, 1.82) is 0 Å². The second-order valence-electron chi connectivity index (χ2n) is 6.77. The minimum Gasteiger partial charge on any atom is -0.342 e. The van der Waals surface area contributed by atoms with Crippen LogP contribution in [0, 0.1) is 13.8 Å². The van der Waals surface area contributed by atoms with Gasteiger partial charge in [-0.2, -0.15) is 5.10 Å². The summed E-state index contributed by atoms with van der Waals surface area (Å²) >= 11 is 0. The van der Waals surface area contributed by atoms with E-state index in [0.29, 0.717) is 5.56 Å². The lowest BCUT2D eigenvalue weighted by Crippen LogP contribution is -2.29. The molecule has 0 aliphatic carbocycles. The molecule has 1 atom stereocenters. The Morgan fingerprint density at radius 3 is 2.42 bits per heavy atom. The number of rotatable bonds is 5. The molecule has 0 spiro atoms. The molecule has 0 fully saturated rings. The first-order chi connectivity index (χ1) is 12.4. The number of hydrogen-bond donors (Lipinski definition) is 2. The van der Waals surface area contributed by atoms with Gasteiger partial charge in [0.25, 0.3) is 5.91 Å². The number of aryl methyl sites for hydroxylation is 2. The summed E-state index contributed by atoms with van der Waals surface area (Å²) in [6, 6.07) is 7.56. The fraction of sp³-hybridized carbons (Fsp3) is 0.368. The molecule has 0 aliphatic rings. The summed E-state index contributed by atoms with van der Waals surface area (Å²) in [5.74, 6) is 0.609. The Balaban J connectivity index is 1.75. The normalized spacial score (nSPS) is 12.4. The number of hydrogen-bond acceptors (Lipinski definition) is 4. The molecule has 7 heteroatoms. The molecule has 0 saturated carbocycles. The van der Waals surface area contributed by atoms with Crippen LogP contribution < -0.4 is 5.32 Å². The highest BCUT2D eigenvalue weighted by Gasteiger charge is 2.18. The van der Waals surface area contributed by atoms with E-state index in [1.165, 1.54) is 0 Å². The number of nitrogens with zero attached hydrogens (tertiary/aromatic N) is 4. The van der Waals surface area contributed by atoms with Gasteiger partial charge in [-0.05, 0) is 52.3 Å². The summed E-state index contributed by atoms with van der Waals surface area (Å²) in [5, 5.41) is 18.3. The van der Waals surface area contributed by atoms with Crippen molar-refractivity contribution in [3.63, 3.8) is 0 Å². The van der Waals surface area contributed by atoms with Crippen LogP contribution in [-0.4, -0.2) is 30.9 Å². The molecule has 3 rings (SSSR count). The molecule has 2 N–H and O–H groups in total. The number of benzene rings is 1. The molecule has 3 aromatic rings. The zero-order valence-electron chi connectivity index (χ0n) is 15.7. The average molecular weight is 352 g/mol. The second-order valence-corrected chi connectivity index (χ2v) is 6.77. The topological polar surface area (TPSA) is 88.5 Å². The van der Waals surface area contributed by atoms with Crippen LogP contribution in [0.2, 0.25) is 0 Å². The molecule has 0 saturated heterocycles. The third-order valence-corrected chi connectivity index (χ3v) is 4.46. The summed E-state index contributed by atoms with van der Waals surface area (Å²) < 4.78 is 1.96. The fourth-order valence-corrected chi connectivity index (χ4v) is 3.07. The fourth-order valence-electron chi connectivity index (χ4n) is 3.07. The summed E-state index contributed by atoms with van der Waals surface area (Å²) in [6.07, 6.45) is 1.69. The number of aromatic nitrogens is 5. The van der Waals surface area contributed by atoms with Gasteiger partial charge in [-0.3, -0.25) is 9.89 Å². The van der Waals surface area contributed by atoms with Gasteiger partial charge in [-0.25, -0.2) is 0 Å². The minimum absolute atomic E-state index is 0.136. The van der Waals surface area contributed by atoms with E-state index in [0.717, 1.165) is 28.3 Å². The molecule has 0 radical (unpaired) electrons. The molecule has 1 amide bonds. The molecule has 2 aromatic heterocycles. The van der Waals surface area contributed by atoms with Gasteiger partial charge in [-0.15, -0.1) is 10.2 Å². The SMILES string of the molecule is Cc1n[nH]c(C)c1-c1ccc(C(=O)N[C@@H](C)c2nncn2C(C)C)cc1. The van der Waals surface area contributed by atoms with Crippen molar-refractivity contribution in [3.8, 4) is 11.1 Å². The highest BCUT2D eigenvalue weighted by atomic mass is 16.1. The van der Waals surface area contributed by atoms with E-state index in [-0.39, 0.29) is 18.0 Å². The number of nitrogens with one attached hydrogen (secondary N) is 2. The number of carbonyl (C=O) groups excluding carboxylic acids is 1. The average Bonchev–Trinajstić information content (AvgIpc) is 3.22. The number of amides is 1. The van der Waals surface area contributed by atoms with Gasteiger partial charge in [0, 0.05) is 22.9 Å². The maximum absolute atomic E-state index is 12.6. The van der Waals surface area contributed by atoms with Crippen molar-refractivity contribution >= 4 is 5.91 Å². The van der Waals surface area contributed by atoms with E-state index < -0.39 is 0 Å². The van der Waals surface area contributed by atoms with Crippen LogP contribution in [0.4, 0.5) is 0 Å². The Morgan fingerprint density at radius 1 is 1.15 bits per heavy atom. The van der Waals surface area contributed by atoms with Gasteiger partial charge in [0.1, 0.15) is 6.33 Å². The Labute approximate surface area is 152 Å². The predicted molar refractivity (Wildman–Crippen MR) is 99.8 cm³/mol. The van der Waals surface area contributed by atoms with Crippen LogP contribution in [0.15, 0.2) is 30.6 Å². The maximum Gasteiger partial charge on any atom is 0.251 e. The number of aromatic amines is 1. The summed E-state index contributed by atoms with van der Waals surface area (Å²) in [7, 11) is 0. The van der Waals surface area contributed by atoms with Crippen LogP contribution in [0.3, 0.4) is 0 Å². The van der Waals surface area contributed by atoms with Crippen LogP contribution in [-0.2, 0) is 0 Å². The molecule has 0 aliphatic heterocycles. The first-order valence-electron chi connectivity index (χ1n) is 8.70. The summed E-state index contributed by atoms with van der Waals surface area (Å²) in [5.41, 5.74) is 4.69. The minimum atomic E-state index is -0.231. The standard InChI is InChI=1S/C19H24N6O/c1-11(2)25-10-20-24-18(25)14(5)21-19(26)16-8-6-15(7-9-16)17-12(3)22-23-13(17)4/h6-11,14H,1-5H3,(H,21,26)(H,22,23)/t14-/m0/s1. The van der Waals surface area contributed by atoms with E-state index in [2.05, 4.69) is 39.6 Å². The van der Waals surface area contributed by atoms with Crippen molar-refractivity contribution in [2.75, 3.05) is 0 Å². The van der Waals surface area contributed by atoms with E-state index >= 15 is 0 Å². The third-order valence-electron chi connectivity index (χ3n) is 4.46. The first-order valence-corrected chi connectivity index (χ1v) is 8.70. The van der Waals surface area contributed by atoms with Gasteiger partial charge in [0.05, 0.1) is 11.7 Å². The number of H-pyrrole nitrogens is 1. The largest absolute Gasteiger partial charge is 0.342 e. The van der Waals surface area contributed by atoms with E-state index in [1.54, 1.807) is 6.33 Å². The number of carbonyl (C=O) groups is 1. The quantitative estimate of drug-likeness (QED) is 0.737. The van der Waals surface area contributed by atoms with Crippen LogP contribution in [0.1, 0.15) is 60.4 Å². The molecule has 26 heavy (non-hydrogen) atoms. The molecule has 0 unspecified atom stereocenters. The smallest absolute Gasteiger partial charge is 0.251 e. The van der Waals surface area contributed by atoms with Gasteiger partial charge in [0.2, 0.25) is 0 Å². The Hall–Kier alpha value is -2.96. The Kier molecular flexibility index (Phi) is 4.88. The van der Waals surface area contributed by atoms with E-state index in [9.17, 15) is 4.79 Å². The highest BCUT2D eigenvalue weighted by molar-refractivity contribution is 5.95. The van der Waals surface area contributed by atoms with E-state index in [1.807, 2.05) is 49.6 Å². The third kappa shape index (κ3) is 3.37. The molecule has 1 aromatic carbocycles. The summed E-state index contributed by atoms with van der Waals surface area (Å²) in [6.45, 7) is 9.97. The summed E-state index contributed by atoms with van der Waals surface area (Å²) in [4.78, 5) is 12.6. The highest BCUT2D eigenvalue weighted by Crippen LogP contribution is 2.25. The van der Waals surface area contributed by atoms with Gasteiger partial charge in [-0.1, -0.05) is 12.1 Å². The molecule has 2 heterocycles. The first kappa shape index (κ1) is 17.8. The zero-order chi connectivity index (χ0) is 18.8. The van der Waals surface area contributed by atoms with Crippen LogP contribution >= 0.6 is 0 Å². The van der Waals surface area contributed by atoms with E-state index in [4.69, 9.17) is 0 Å². The molecular weight excluding hydrogens is 328 g/mol. The lowest BCUT2D eigenvalue weighted by atomic mass is 10.0. The maximum atomic E-state index is 12.6. The molecule has 0 bridgehead atoms. The molecule has 7 nitrogen and oxygen atoms in total. The van der Waals surface area contributed by atoms with Crippen molar-refractivity contribution < 1.29 is 4.79 Å². The van der Waals surface area contributed by atoms with Crippen LogP contribution in [0.5, 0.6) is 0 Å². The van der Waals surface area contributed by atoms with Gasteiger partial charge < -0.3 is 9.88 Å². The monoisotopic (exact) mass is 352 g/mol. The lowest BCUT2D eigenvalue weighted by Gasteiger charge is -2.17. The molecule has 136 valence electrons. The van der Waals surface area contributed by atoms with Crippen molar-refractivity contribution in [2.45, 2.75) is 46.7 Å². The zero-order valence-corrected chi connectivity index (χ0v) is 15.7. The molecular formula is C19H24N6O. The Morgan fingerprint density at radius 2 is 1.85 bits per heavy atom.